The molecule has 5 heteroatoms. The van der Waals surface area contributed by atoms with Gasteiger partial charge in [-0.2, -0.15) is 0 Å². The van der Waals surface area contributed by atoms with Crippen molar-refractivity contribution in [2.75, 3.05) is 26.0 Å². The zero-order valence-corrected chi connectivity index (χ0v) is 17.7. The van der Waals surface area contributed by atoms with Crippen LogP contribution in [0.25, 0.3) is 0 Å². The maximum atomic E-state index is 6.49. The van der Waals surface area contributed by atoms with E-state index < -0.39 is 6.19 Å². The third-order valence-corrected chi connectivity index (χ3v) is 10.1. The van der Waals surface area contributed by atoms with Crippen molar-refractivity contribution in [3.8, 4) is 0 Å². The normalized spacial score (nSPS) is 20.9. The van der Waals surface area contributed by atoms with Crippen LogP contribution in [0.1, 0.15) is 38.8 Å². The summed E-state index contributed by atoms with van der Waals surface area (Å²) < 4.78 is 4.79. The van der Waals surface area contributed by atoms with E-state index in [-0.39, 0.29) is 0 Å². The van der Waals surface area contributed by atoms with Crippen molar-refractivity contribution >= 4 is 34.6 Å². The minimum absolute atomic E-state index is 0.414. The summed E-state index contributed by atoms with van der Waals surface area (Å²) in [6.45, 7) is 13.4. The molecule has 2 rings (SSSR count). The van der Waals surface area contributed by atoms with Crippen molar-refractivity contribution in [1.82, 2.24) is 4.67 Å². The monoisotopic (exact) mass is 352 g/mol. The first kappa shape index (κ1) is 18.6. The van der Waals surface area contributed by atoms with Gasteiger partial charge in [0.1, 0.15) is 5.69 Å². The molecule has 0 radical (unpaired) electrons. The van der Waals surface area contributed by atoms with Gasteiger partial charge in [-0.05, 0) is 64.8 Å². The maximum absolute atomic E-state index is 6.49. The van der Waals surface area contributed by atoms with Gasteiger partial charge in [0.25, 0.3) is 5.58 Å². The van der Waals surface area contributed by atoms with Crippen molar-refractivity contribution in [1.29, 1.82) is 0 Å². The topological polar surface area (TPSA) is 9.49 Å². The molecule has 0 saturated carbocycles. The Morgan fingerprint density at radius 3 is 1.96 bits per heavy atom. The van der Waals surface area contributed by atoms with Gasteiger partial charge in [0.05, 0.1) is 26.4 Å². The molecule has 0 unspecified atom stereocenters. The zero-order chi connectivity index (χ0) is 17.7. The Bertz CT molecular complexity index is 694. The van der Waals surface area contributed by atoms with E-state index >= 15 is 0 Å². The van der Waals surface area contributed by atoms with E-state index in [4.69, 9.17) is 11.8 Å². The van der Waals surface area contributed by atoms with Crippen LogP contribution in [0.2, 0.25) is 0 Å². The number of fused-ring (bicyclic) bond motifs is 1. The van der Waals surface area contributed by atoms with E-state index in [1.54, 1.807) is 0 Å². The van der Waals surface area contributed by atoms with Gasteiger partial charge in [0.2, 0.25) is 0 Å². The number of anilines is 1. The summed E-state index contributed by atoms with van der Waals surface area (Å²) in [6, 6.07) is 5.48. The first-order valence-corrected chi connectivity index (χ1v) is 11.1. The molecule has 23 heavy (non-hydrogen) atoms. The van der Waals surface area contributed by atoms with E-state index in [1.165, 1.54) is 27.7 Å². The van der Waals surface area contributed by atoms with Crippen LogP contribution in [0.3, 0.4) is 0 Å². The quantitative estimate of drug-likeness (QED) is 0.609. The Labute approximate surface area is 147 Å². The number of rotatable bonds is 3. The van der Waals surface area contributed by atoms with Gasteiger partial charge >= 0.3 is 0 Å². The number of benzene rings is 1. The van der Waals surface area contributed by atoms with E-state index in [0.717, 1.165) is 0 Å². The van der Waals surface area contributed by atoms with Crippen LogP contribution >= 0.6 is 6.19 Å². The molecule has 128 valence electrons. The van der Waals surface area contributed by atoms with Gasteiger partial charge in [0, 0.05) is 12.1 Å². The summed E-state index contributed by atoms with van der Waals surface area (Å²) >= 11 is 6.49. The van der Waals surface area contributed by atoms with Crippen LogP contribution in [0.5, 0.6) is 0 Å². The number of hydrogen-bond acceptors (Lipinski definition) is 1. The predicted molar refractivity (Wildman–Crippen MR) is 107 cm³/mol. The number of aryl methyl sites for hydroxylation is 2. The fraction of sp³-hybridized carbons (Fsp3) is 0.611. The molecule has 0 amide bonds. The summed E-state index contributed by atoms with van der Waals surface area (Å²) in [4.78, 5) is 2.32. The minimum atomic E-state index is -2.02. The highest BCUT2D eigenvalue weighted by Crippen LogP contribution is 2.59. The minimum Gasteiger partial charge on any atom is -0.265 e. The lowest BCUT2D eigenvalue weighted by molar-refractivity contribution is -0.462. The molecule has 0 N–H and O–H groups in total. The Morgan fingerprint density at radius 2 is 1.52 bits per heavy atom. The maximum Gasteiger partial charge on any atom is 0.300 e. The van der Waals surface area contributed by atoms with Crippen molar-refractivity contribution in [2.24, 2.45) is 0 Å². The third-order valence-electron chi connectivity index (χ3n) is 4.63. The Balaban J connectivity index is 2.88. The molecule has 1 heterocycles. The number of nitrogens with zero attached hydrogens (tertiary/aromatic N) is 3. The summed E-state index contributed by atoms with van der Waals surface area (Å²) in [7, 11) is 6.41. The molecule has 0 spiro atoms. The van der Waals surface area contributed by atoms with Gasteiger partial charge < -0.3 is 0 Å². The second-order valence-electron chi connectivity index (χ2n) is 7.32. The first-order chi connectivity index (χ1) is 10.5. The highest BCUT2D eigenvalue weighted by atomic mass is 32.4. The average molecular weight is 353 g/mol. The molecule has 0 aliphatic carbocycles. The number of hydrogen-bond donors (Lipinski definition) is 0. The predicted octanol–water partition coefficient (Wildman–Crippen LogP) is 3.52. The van der Waals surface area contributed by atoms with Crippen LogP contribution in [0.15, 0.2) is 12.1 Å². The molecule has 0 fully saturated rings. The molecule has 0 aromatic heterocycles. The van der Waals surface area contributed by atoms with Gasteiger partial charge in [-0.3, -0.25) is 9.25 Å². The van der Waals surface area contributed by atoms with E-state index in [0.29, 0.717) is 12.1 Å². The lowest BCUT2D eigenvalue weighted by Crippen LogP contribution is -2.41. The van der Waals surface area contributed by atoms with Crippen LogP contribution < -0.4 is 10.2 Å². The molecule has 1 aromatic rings. The van der Waals surface area contributed by atoms with Crippen molar-refractivity contribution in [3.63, 3.8) is 0 Å². The molecular weight excluding hydrogens is 321 g/mol. The Hall–Kier alpha value is -0.700. The second-order valence-corrected chi connectivity index (χ2v) is 11.4. The molecule has 0 bridgehead atoms. The standard InChI is InChI=1S/C18H31N3PS/c1-12(2)21(13(3)4)22(23)17-11-15(6)14(5)10-16(17)20(9)18(22)19(7)8/h10-13H,1-9H3/q+1/t22-/m0/s1. The van der Waals surface area contributed by atoms with E-state index in [9.17, 15) is 0 Å². The zero-order valence-electron chi connectivity index (χ0n) is 16.0. The van der Waals surface area contributed by atoms with Crippen molar-refractivity contribution in [2.45, 2.75) is 53.6 Å². The van der Waals surface area contributed by atoms with Gasteiger partial charge in [-0.1, -0.05) is 11.8 Å². The summed E-state index contributed by atoms with van der Waals surface area (Å²) in [6.07, 6.45) is -2.02. The summed E-state index contributed by atoms with van der Waals surface area (Å²) in [5.74, 6) is 0. The van der Waals surface area contributed by atoms with Gasteiger partial charge in [-0.25, -0.2) is 4.90 Å². The lowest BCUT2D eigenvalue weighted by atomic mass is 10.1. The molecule has 1 atom stereocenters. The van der Waals surface area contributed by atoms with Crippen molar-refractivity contribution in [3.05, 3.63) is 23.3 Å². The van der Waals surface area contributed by atoms with Crippen molar-refractivity contribution < 1.29 is 4.58 Å². The Morgan fingerprint density at radius 1 is 1.04 bits per heavy atom. The Kier molecular flexibility index (Phi) is 5.11. The van der Waals surface area contributed by atoms with E-state index in [2.05, 4.69) is 89.0 Å². The molecule has 1 aromatic carbocycles. The van der Waals surface area contributed by atoms with Gasteiger partial charge in [0.15, 0.2) is 6.19 Å². The molecule has 1 aliphatic heterocycles. The largest absolute Gasteiger partial charge is 0.300 e. The van der Waals surface area contributed by atoms with Crippen LogP contribution in [0.4, 0.5) is 5.69 Å². The van der Waals surface area contributed by atoms with E-state index in [1.807, 2.05) is 0 Å². The van der Waals surface area contributed by atoms with Gasteiger partial charge in [-0.15, -0.1) is 0 Å². The summed E-state index contributed by atoms with van der Waals surface area (Å²) in [5.41, 5.74) is 5.22. The highest BCUT2D eigenvalue weighted by molar-refractivity contribution is 8.25. The molecular formula is C18H31N3PS+. The molecule has 1 aliphatic rings. The van der Waals surface area contributed by atoms with Crippen LogP contribution in [-0.2, 0) is 11.8 Å². The fourth-order valence-corrected chi connectivity index (χ4v) is 10.1. The fourth-order valence-electron chi connectivity index (χ4n) is 3.76. The highest BCUT2D eigenvalue weighted by Gasteiger charge is 2.51. The average Bonchev–Trinajstić information content (AvgIpc) is 2.58. The third kappa shape index (κ3) is 2.79. The second kappa shape index (κ2) is 6.31. The lowest BCUT2D eigenvalue weighted by Gasteiger charge is -2.37. The first-order valence-electron chi connectivity index (χ1n) is 8.32. The van der Waals surface area contributed by atoms with Crippen LogP contribution in [-0.4, -0.2) is 48.0 Å². The SMILES string of the molecule is Cc1cc2c(cc1C)[P@@](=S)(N(C(C)C)C(C)C)C(=[N+](C)C)N2C. The number of amidine groups is 1. The van der Waals surface area contributed by atoms with Crippen LogP contribution in [0, 0.1) is 13.8 Å². The summed E-state index contributed by atoms with van der Waals surface area (Å²) in [5, 5.41) is 1.35. The molecule has 0 saturated heterocycles. The molecule has 3 nitrogen and oxygen atoms in total. The smallest absolute Gasteiger partial charge is 0.265 e.